The van der Waals surface area contributed by atoms with Crippen molar-refractivity contribution in [2.75, 3.05) is 38.3 Å². The van der Waals surface area contributed by atoms with E-state index < -0.39 is 0 Å². The fraction of sp³-hybridized carbons (Fsp3) is 0.500. The molecular weight excluding hydrogens is 225 g/mol. The van der Waals surface area contributed by atoms with E-state index in [0.29, 0.717) is 32.1 Å². The summed E-state index contributed by atoms with van der Waals surface area (Å²) in [4.78, 5) is 0. The molecule has 0 fully saturated rings. The van der Waals surface area contributed by atoms with Gasteiger partial charge in [-0.2, -0.15) is 0 Å². The van der Waals surface area contributed by atoms with E-state index >= 15 is 0 Å². The van der Waals surface area contributed by atoms with Gasteiger partial charge in [-0.3, -0.25) is 0 Å². The predicted molar refractivity (Wildman–Crippen MR) is 64.0 cm³/mol. The molecule has 0 atom stereocenters. The molecule has 5 heteroatoms. The number of aliphatic hydroxyl groups excluding tert-OH is 1. The lowest BCUT2D eigenvalue weighted by atomic mass is 10.3. The highest BCUT2D eigenvalue weighted by atomic mass is 19.1. The quantitative estimate of drug-likeness (QED) is 0.682. The predicted octanol–water partition coefficient (Wildman–Crippen LogP) is 1.65. The summed E-state index contributed by atoms with van der Waals surface area (Å²) in [6, 6.07) is 4.73. The Hall–Kier alpha value is -1.33. The molecule has 0 saturated heterocycles. The second-order valence-electron chi connectivity index (χ2n) is 3.34. The normalized spacial score (nSPS) is 10.3. The number of hydrogen-bond donors (Lipinski definition) is 2. The van der Waals surface area contributed by atoms with Gasteiger partial charge in [0, 0.05) is 18.3 Å². The van der Waals surface area contributed by atoms with Crippen molar-refractivity contribution in [2.45, 2.75) is 6.92 Å². The molecule has 17 heavy (non-hydrogen) atoms. The second kappa shape index (κ2) is 7.86. The number of halogens is 1. The van der Waals surface area contributed by atoms with Crippen LogP contribution in [-0.2, 0) is 4.74 Å². The first kappa shape index (κ1) is 13.7. The molecule has 0 aliphatic carbocycles. The van der Waals surface area contributed by atoms with Gasteiger partial charge in [-0.15, -0.1) is 0 Å². The molecule has 0 aliphatic rings. The lowest BCUT2D eigenvalue weighted by molar-refractivity contribution is 0.0992. The minimum atomic E-state index is -0.381. The summed E-state index contributed by atoms with van der Waals surface area (Å²) >= 11 is 0. The summed E-state index contributed by atoms with van der Waals surface area (Å²) in [5.41, 5.74) is 0.679. The van der Waals surface area contributed by atoms with Crippen molar-refractivity contribution in [1.29, 1.82) is 0 Å². The van der Waals surface area contributed by atoms with Crippen molar-refractivity contribution in [2.24, 2.45) is 0 Å². The maximum Gasteiger partial charge on any atom is 0.167 e. The summed E-state index contributed by atoms with van der Waals surface area (Å²) < 4.78 is 23.6. The first-order valence-electron chi connectivity index (χ1n) is 5.62. The summed E-state index contributed by atoms with van der Waals surface area (Å²) in [5.74, 6) is -0.122. The van der Waals surface area contributed by atoms with E-state index in [4.69, 9.17) is 14.6 Å². The third-order valence-corrected chi connectivity index (χ3v) is 2.04. The molecular formula is C12H18FNO3. The van der Waals surface area contributed by atoms with Crippen LogP contribution in [0.3, 0.4) is 0 Å². The summed E-state index contributed by atoms with van der Waals surface area (Å²) in [6.45, 7) is 3.61. The summed E-state index contributed by atoms with van der Waals surface area (Å²) in [6.07, 6.45) is 0. The molecule has 4 nitrogen and oxygen atoms in total. The van der Waals surface area contributed by atoms with E-state index in [9.17, 15) is 4.39 Å². The Morgan fingerprint density at radius 2 is 2.18 bits per heavy atom. The number of rotatable bonds is 8. The average Bonchev–Trinajstić information content (AvgIpc) is 2.32. The Balaban J connectivity index is 2.36. The Morgan fingerprint density at radius 1 is 1.35 bits per heavy atom. The fourth-order valence-electron chi connectivity index (χ4n) is 1.32. The Labute approximate surface area is 100 Å². The third kappa shape index (κ3) is 5.01. The number of anilines is 1. The summed E-state index contributed by atoms with van der Waals surface area (Å²) in [5, 5.41) is 11.5. The van der Waals surface area contributed by atoms with Crippen LogP contribution in [-0.4, -0.2) is 38.1 Å². The van der Waals surface area contributed by atoms with Crippen LogP contribution in [0.4, 0.5) is 10.1 Å². The first-order valence-corrected chi connectivity index (χ1v) is 5.62. The smallest absolute Gasteiger partial charge is 0.167 e. The van der Waals surface area contributed by atoms with Crippen molar-refractivity contribution in [3.05, 3.63) is 24.0 Å². The molecule has 0 bridgehead atoms. The Kier molecular flexibility index (Phi) is 6.35. The molecule has 0 unspecified atom stereocenters. The number of benzene rings is 1. The van der Waals surface area contributed by atoms with Gasteiger partial charge in [0.1, 0.15) is 0 Å². The van der Waals surface area contributed by atoms with E-state index in [1.165, 1.54) is 6.07 Å². The van der Waals surface area contributed by atoms with Gasteiger partial charge in [0.25, 0.3) is 0 Å². The van der Waals surface area contributed by atoms with E-state index in [2.05, 4.69) is 5.32 Å². The number of aliphatic hydroxyl groups is 1. The average molecular weight is 243 g/mol. The standard InChI is InChI=1S/C12H18FNO3/c1-2-17-12-4-3-10(9-11(12)13)14-5-7-16-8-6-15/h3-4,9,14-15H,2,5-8H2,1H3. The monoisotopic (exact) mass is 243 g/mol. The molecule has 0 aromatic heterocycles. The van der Waals surface area contributed by atoms with Crippen LogP contribution in [0, 0.1) is 5.82 Å². The van der Waals surface area contributed by atoms with Gasteiger partial charge in [-0.25, -0.2) is 4.39 Å². The second-order valence-corrected chi connectivity index (χ2v) is 3.34. The molecule has 2 N–H and O–H groups in total. The molecule has 1 rings (SSSR count). The molecule has 96 valence electrons. The Bertz CT molecular complexity index is 334. The van der Waals surface area contributed by atoms with Gasteiger partial charge in [-0.05, 0) is 19.1 Å². The molecule has 0 saturated carbocycles. The highest BCUT2D eigenvalue weighted by molar-refractivity contribution is 5.47. The Morgan fingerprint density at radius 3 is 2.82 bits per heavy atom. The lowest BCUT2D eigenvalue weighted by Gasteiger charge is -2.09. The van der Waals surface area contributed by atoms with Crippen LogP contribution in [0.15, 0.2) is 18.2 Å². The third-order valence-electron chi connectivity index (χ3n) is 2.04. The highest BCUT2D eigenvalue weighted by Crippen LogP contribution is 2.20. The molecule has 0 radical (unpaired) electrons. The van der Waals surface area contributed by atoms with Crippen LogP contribution >= 0.6 is 0 Å². The number of nitrogens with one attached hydrogen (secondary N) is 1. The minimum Gasteiger partial charge on any atom is -0.491 e. The zero-order chi connectivity index (χ0) is 12.5. The van der Waals surface area contributed by atoms with Gasteiger partial charge in [0.05, 0.1) is 26.4 Å². The van der Waals surface area contributed by atoms with Crippen molar-refractivity contribution < 1.29 is 19.0 Å². The molecule has 1 aromatic rings. The molecule has 0 spiro atoms. The van der Waals surface area contributed by atoms with E-state index in [-0.39, 0.29) is 18.2 Å². The van der Waals surface area contributed by atoms with Crippen LogP contribution in [0.5, 0.6) is 5.75 Å². The number of ether oxygens (including phenoxy) is 2. The fourth-order valence-corrected chi connectivity index (χ4v) is 1.32. The van der Waals surface area contributed by atoms with Crippen LogP contribution in [0.2, 0.25) is 0 Å². The van der Waals surface area contributed by atoms with Crippen molar-refractivity contribution in [3.8, 4) is 5.75 Å². The van der Waals surface area contributed by atoms with E-state index in [1.54, 1.807) is 12.1 Å². The zero-order valence-corrected chi connectivity index (χ0v) is 9.91. The van der Waals surface area contributed by atoms with Crippen LogP contribution in [0.1, 0.15) is 6.92 Å². The van der Waals surface area contributed by atoms with E-state index in [1.807, 2.05) is 6.92 Å². The maximum atomic E-state index is 13.4. The van der Waals surface area contributed by atoms with Gasteiger partial charge < -0.3 is 19.9 Å². The first-order chi connectivity index (χ1) is 8.27. The SMILES string of the molecule is CCOc1ccc(NCCOCCO)cc1F. The minimum absolute atomic E-state index is 0.0116. The molecule has 0 amide bonds. The van der Waals surface area contributed by atoms with Crippen molar-refractivity contribution in [1.82, 2.24) is 0 Å². The van der Waals surface area contributed by atoms with Crippen molar-refractivity contribution >= 4 is 5.69 Å². The van der Waals surface area contributed by atoms with Gasteiger partial charge >= 0.3 is 0 Å². The zero-order valence-electron chi connectivity index (χ0n) is 9.91. The van der Waals surface area contributed by atoms with E-state index in [0.717, 1.165) is 0 Å². The van der Waals surface area contributed by atoms with Crippen LogP contribution in [0.25, 0.3) is 0 Å². The maximum absolute atomic E-state index is 13.4. The molecule has 0 heterocycles. The topological polar surface area (TPSA) is 50.7 Å². The highest BCUT2D eigenvalue weighted by Gasteiger charge is 2.03. The van der Waals surface area contributed by atoms with Crippen molar-refractivity contribution in [3.63, 3.8) is 0 Å². The van der Waals surface area contributed by atoms with Gasteiger partial charge in [-0.1, -0.05) is 0 Å². The largest absolute Gasteiger partial charge is 0.491 e. The molecule has 1 aromatic carbocycles. The van der Waals surface area contributed by atoms with Gasteiger partial charge in [0.2, 0.25) is 0 Å². The number of hydrogen-bond acceptors (Lipinski definition) is 4. The van der Waals surface area contributed by atoms with Crippen LogP contribution < -0.4 is 10.1 Å². The van der Waals surface area contributed by atoms with Gasteiger partial charge in [0.15, 0.2) is 11.6 Å². The molecule has 0 aliphatic heterocycles. The lowest BCUT2D eigenvalue weighted by Crippen LogP contribution is -2.11. The summed E-state index contributed by atoms with van der Waals surface area (Å²) in [7, 11) is 0.